The lowest BCUT2D eigenvalue weighted by atomic mass is 9.99. The monoisotopic (exact) mass is 359 g/mol. The molecule has 2 aliphatic carbocycles. The average molecular weight is 359 g/mol. The first kappa shape index (κ1) is 16.0. The average Bonchev–Trinajstić information content (AvgIpc) is 3.15. The lowest BCUT2D eigenvalue weighted by Crippen LogP contribution is -2.61. The van der Waals surface area contributed by atoms with Gasteiger partial charge in [-0.3, -0.25) is 9.62 Å². The van der Waals surface area contributed by atoms with Gasteiger partial charge >= 0.3 is 6.03 Å². The molecule has 6 heteroatoms. The second-order valence-corrected chi connectivity index (χ2v) is 8.78. The predicted octanol–water partition coefficient (Wildman–Crippen LogP) is 2.52. The van der Waals surface area contributed by atoms with Gasteiger partial charge in [-0.2, -0.15) is 0 Å². The summed E-state index contributed by atoms with van der Waals surface area (Å²) in [5.74, 6) is 0. The summed E-state index contributed by atoms with van der Waals surface area (Å²) >= 11 is 1.57. The van der Waals surface area contributed by atoms with E-state index in [0.717, 1.165) is 57.7 Å². The van der Waals surface area contributed by atoms with Crippen molar-refractivity contribution < 1.29 is 9.53 Å². The van der Waals surface area contributed by atoms with Gasteiger partial charge in [-0.1, -0.05) is 6.07 Å². The fourth-order valence-corrected chi connectivity index (χ4v) is 5.38. The van der Waals surface area contributed by atoms with Crippen molar-refractivity contribution in [2.24, 2.45) is 0 Å². The summed E-state index contributed by atoms with van der Waals surface area (Å²) in [5, 5.41) is 3.70. The molecule has 2 aliphatic heterocycles. The molecular formula is C19H25N3O2S. The van der Waals surface area contributed by atoms with Crippen LogP contribution in [0.1, 0.15) is 35.1 Å². The van der Waals surface area contributed by atoms with Crippen LogP contribution in [-0.2, 0) is 30.4 Å². The van der Waals surface area contributed by atoms with Gasteiger partial charge in [0.05, 0.1) is 24.5 Å². The number of carbonyl (C=O) groups is 1. The van der Waals surface area contributed by atoms with E-state index in [0.29, 0.717) is 11.3 Å². The molecule has 0 saturated carbocycles. The van der Waals surface area contributed by atoms with Crippen LogP contribution in [0.25, 0.3) is 0 Å². The first-order valence-corrected chi connectivity index (χ1v) is 10.4. The van der Waals surface area contributed by atoms with E-state index in [-0.39, 0.29) is 6.03 Å². The smallest absolute Gasteiger partial charge is 0.329 e. The van der Waals surface area contributed by atoms with E-state index in [1.165, 1.54) is 35.1 Å². The highest BCUT2D eigenvalue weighted by atomic mass is 32.2. The molecule has 134 valence electrons. The number of fused-ring (bicyclic) bond motifs is 2. The zero-order chi connectivity index (χ0) is 16.8. The summed E-state index contributed by atoms with van der Waals surface area (Å²) in [4.78, 5) is 14.9. The van der Waals surface area contributed by atoms with Crippen molar-refractivity contribution in [3.05, 3.63) is 28.3 Å². The number of nitrogens with zero attached hydrogens (tertiary/aromatic N) is 1. The quantitative estimate of drug-likeness (QED) is 0.811. The Hall–Kier alpha value is -1.24. The molecule has 2 saturated heterocycles. The van der Waals surface area contributed by atoms with E-state index in [1.54, 1.807) is 11.9 Å². The summed E-state index contributed by atoms with van der Waals surface area (Å²) in [6.07, 6.45) is 6.96. The maximum atomic E-state index is 12.5. The molecule has 5 rings (SSSR count). The molecule has 2 fully saturated rings. The fourth-order valence-electron chi connectivity index (χ4n) is 4.52. The number of urea groups is 1. The molecular weight excluding hydrogens is 334 g/mol. The van der Waals surface area contributed by atoms with Gasteiger partial charge in [-0.25, -0.2) is 4.79 Å². The van der Waals surface area contributed by atoms with Crippen molar-refractivity contribution in [2.75, 3.05) is 31.6 Å². The maximum absolute atomic E-state index is 12.5. The zero-order valence-corrected chi connectivity index (χ0v) is 15.3. The molecule has 4 aliphatic rings. The first-order valence-electron chi connectivity index (χ1n) is 9.49. The van der Waals surface area contributed by atoms with Crippen LogP contribution >= 0.6 is 11.9 Å². The molecule has 0 bridgehead atoms. The first-order chi connectivity index (χ1) is 12.3. The summed E-state index contributed by atoms with van der Waals surface area (Å²) in [7, 11) is 0. The van der Waals surface area contributed by atoms with Gasteiger partial charge in [0.1, 0.15) is 0 Å². The molecule has 25 heavy (non-hydrogen) atoms. The third kappa shape index (κ3) is 2.94. The Balaban J connectivity index is 1.19. The van der Waals surface area contributed by atoms with E-state index in [2.05, 4.69) is 21.0 Å². The summed E-state index contributed by atoms with van der Waals surface area (Å²) in [6, 6.07) is 2.94. The lowest BCUT2D eigenvalue weighted by molar-refractivity contribution is -0.0823. The summed E-state index contributed by atoms with van der Waals surface area (Å²) in [6.45, 7) is 3.84. The number of benzene rings is 1. The molecule has 5 nitrogen and oxygen atoms in total. The molecule has 1 aromatic rings. The molecule has 0 spiro atoms. The molecule has 2 N–H and O–H groups in total. The number of anilines is 1. The van der Waals surface area contributed by atoms with E-state index in [1.807, 2.05) is 0 Å². The molecule has 0 atom stereocenters. The van der Waals surface area contributed by atoms with E-state index < -0.39 is 0 Å². The van der Waals surface area contributed by atoms with Gasteiger partial charge in [-0.15, -0.1) is 0 Å². The van der Waals surface area contributed by atoms with Crippen LogP contribution in [0.5, 0.6) is 0 Å². The van der Waals surface area contributed by atoms with Crippen LogP contribution in [-0.4, -0.2) is 48.5 Å². The normalized spacial score (nSPS) is 22.9. The van der Waals surface area contributed by atoms with Crippen molar-refractivity contribution in [1.82, 2.24) is 9.62 Å². The van der Waals surface area contributed by atoms with Gasteiger partial charge in [-0.05, 0) is 72.7 Å². The number of nitrogens with one attached hydrogen (secondary N) is 2. The molecule has 2 amide bonds. The van der Waals surface area contributed by atoms with Crippen LogP contribution in [0.15, 0.2) is 6.07 Å². The molecule has 1 aromatic carbocycles. The van der Waals surface area contributed by atoms with E-state index in [9.17, 15) is 4.79 Å². The number of hydrogen-bond donors (Lipinski definition) is 2. The van der Waals surface area contributed by atoms with Gasteiger partial charge in [0.2, 0.25) is 0 Å². The van der Waals surface area contributed by atoms with Crippen molar-refractivity contribution in [3.63, 3.8) is 0 Å². The van der Waals surface area contributed by atoms with Crippen LogP contribution in [0.3, 0.4) is 0 Å². The highest BCUT2D eigenvalue weighted by molar-refractivity contribution is 7.98. The number of rotatable bonds is 4. The second-order valence-electron chi connectivity index (χ2n) is 7.68. The Morgan fingerprint density at radius 2 is 1.76 bits per heavy atom. The Morgan fingerprint density at radius 3 is 2.36 bits per heavy atom. The highest BCUT2D eigenvalue weighted by Crippen LogP contribution is 2.38. The van der Waals surface area contributed by atoms with Crippen molar-refractivity contribution in [3.8, 4) is 0 Å². The van der Waals surface area contributed by atoms with Crippen LogP contribution in [0, 0.1) is 0 Å². The second kappa shape index (κ2) is 6.49. The van der Waals surface area contributed by atoms with Crippen LogP contribution in [0.4, 0.5) is 10.5 Å². The Labute approximate surface area is 153 Å². The van der Waals surface area contributed by atoms with Gasteiger partial charge < -0.3 is 10.1 Å². The molecule has 0 unspecified atom stereocenters. The summed E-state index contributed by atoms with van der Waals surface area (Å²) in [5.41, 5.74) is 6.82. The predicted molar refractivity (Wildman–Crippen MR) is 100 cm³/mol. The van der Waals surface area contributed by atoms with Gasteiger partial charge in [0.15, 0.2) is 0 Å². The SMILES string of the molecule is O=C(NSC1CN(C2COC2)C1)Nc1c2c(cc3c1CCC3)CCC2. The van der Waals surface area contributed by atoms with Crippen LogP contribution < -0.4 is 10.0 Å². The van der Waals surface area contributed by atoms with Crippen molar-refractivity contribution in [1.29, 1.82) is 0 Å². The number of ether oxygens (including phenoxy) is 1. The van der Waals surface area contributed by atoms with Gasteiger partial charge in [0, 0.05) is 18.8 Å². The van der Waals surface area contributed by atoms with Crippen LogP contribution in [0.2, 0.25) is 0 Å². The zero-order valence-electron chi connectivity index (χ0n) is 14.5. The topological polar surface area (TPSA) is 53.6 Å². The molecule has 0 radical (unpaired) electrons. The number of aryl methyl sites for hydroxylation is 2. The van der Waals surface area contributed by atoms with Crippen molar-refractivity contribution >= 4 is 23.7 Å². The Bertz CT molecular complexity index is 666. The number of amides is 2. The van der Waals surface area contributed by atoms with Gasteiger partial charge in [0.25, 0.3) is 0 Å². The lowest BCUT2D eigenvalue weighted by Gasteiger charge is -2.46. The minimum absolute atomic E-state index is 0.0650. The molecule has 2 heterocycles. The van der Waals surface area contributed by atoms with Crippen molar-refractivity contribution in [2.45, 2.75) is 49.8 Å². The Morgan fingerprint density at radius 1 is 1.08 bits per heavy atom. The number of likely N-dealkylation sites (tertiary alicyclic amines) is 1. The highest BCUT2D eigenvalue weighted by Gasteiger charge is 2.36. The third-order valence-corrected chi connectivity index (χ3v) is 6.98. The third-order valence-electron chi connectivity index (χ3n) is 6.04. The largest absolute Gasteiger partial charge is 0.378 e. The standard InChI is InChI=1S/C19H25N3O2S/c23-19(21-25-15-8-22(9-15)14-10-24-11-14)20-18-16-5-1-3-12(16)7-13-4-2-6-17(13)18/h7,14-15H,1-6,8-11H2,(H2,20,21,23). The summed E-state index contributed by atoms with van der Waals surface area (Å²) < 4.78 is 8.26. The minimum atomic E-state index is -0.0650. The minimum Gasteiger partial charge on any atom is -0.378 e. The fraction of sp³-hybridized carbons (Fsp3) is 0.632. The van der Waals surface area contributed by atoms with E-state index >= 15 is 0 Å². The Kier molecular flexibility index (Phi) is 4.14. The molecule has 0 aromatic heterocycles. The number of carbonyl (C=O) groups excluding carboxylic acids is 1. The number of hydrogen-bond acceptors (Lipinski definition) is 4. The maximum Gasteiger partial charge on any atom is 0.329 e. The van der Waals surface area contributed by atoms with E-state index in [4.69, 9.17) is 4.74 Å².